The zero-order valence-electron chi connectivity index (χ0n) is 21.7. The third-order valence-electron chi connectivity index (χ3n) is 7.14. The molecule has 4 aromatic rings. The van der Waals surface area contributed by atoms with Gasteiger partial charge in [0.25, 0.3) is 0 Å². The molecule has 0 aliphatic carbocycles. The predicted molar refractivity (Wildman–Crippen MR) is 156 cm³/mol. The number of pyridine rings is 1. The van der Waals surface area contributed by atoms with Gasteiger partial charge in [-0.05, 0) is 30.5 Å². The first-order valence-corrected chi connectivity index (χ1v) is 13.8. The van der Waals surface area contributed by atoms with Crippen molar-refractivity contribution in [1.82, 2.24) is 19.9 Å². The van der Waals surface area contributed by atoms with Gasteiger partial charge >= 0.3 is 5.97 Å². The molecule has 1 amide bonds. The van der Waals surface area contributed by atoms with E-state index in [1.165, 1.54) is 0 Å². The second-order valence-corrected chi connectivity index (χ2v) is 10.7. The van der Waals surface area contributed by atoms with E-state index in [1.54, 1.807) is 24.8 Å². The van der Waals surface area contributed by atoms with Gasteiger partial charge in [0.1, 0.15) is 6.04 Å². The minimum atomic E-state index is -1.08. The van der Waals surface area contributed by atoms with Crippen molar-refractivity contribution in [3.63, 3.8) is 0 Å². The molecule has 2 aromatic carbocycles. The van der Waals surface area contributed by atoms with Crippen LogP contribution < -0.4 is 10.2 Å². The van der Waals surface area contributed by atoms with Crippen LogP contribution in [-0.4, -0.2) is 50.6 Å². The molecule has 1 saturated heterocycles. The van der Waals surface area contributed by atoms with Crippen molar-refractivity contribution in [3.05, 3.63) is 101 Å². The van der Waals surface area contributed by atoms with E-state index in [-0.39, 0.29) is 18.2 Å². The van der Waals surface area contributed by atoms with E-state index in [4.69, 9.17) is 23.2 Å². The first-order valence-electron chi connectivity index (χ1n) is 13.1. The van der Waals surface area contributed by atoms with Gasteiger partial charge in [-0.15, -0.1) is 0 Å². The molecule has 0 radical (unpaired) electrons. The van der Waals surface area contributed by atoms with Gasteiger partial charge in [0.2, 0.25) is 5.91 Å². The van der Waals surface area contributed by atoms with E-state index in [2.05, 4.69) is 20.2 Å². The standard InChI is InChI=1S/C30H29Cl2N5O3/c31-26-8-4-7-25(28(26)32)22-13-24(16-33-15-22)37-11-9-21(10-12-37)29(38)35-27(30(39)40)14-23-18-36(19-34-23)17-20-5-2-1-3-6-20/h1-8,13,15-16,18-19,21,27H,9-12,14,17H2,(H,35,38)(H,39,40). The van der Waals surface area contributed by atoms with Gasteiger partial charge in [0.15, 0.2) is 0 Å². The molecule has 5 rings (SSSR count). The Labute approximate surface area is 242 Å². The van der Waals surface area contributed by atoms with Crippen LogP contribution in [0.1, 0.15) is 24.1 Å². The minimum Gasteiger partial charge on any atom is -0.480 e. The average molecular weight is 579 g/mol. The molecule has 1 fully saturated rings. The van der Waals surface area contributed by atoms with Crippen molar-refractivity contribution in [1.29, 1.82) is 0 Å². The van der Waals surface area contributed by atoms with Gasteiger partial charge in [-0.25, -0.2) is 9.78 Å². The Balaban J connectivity index is 1.17. The lowest BCUT2D eigenvalue weighted by molar-refractivity contribution is -0.142. The van der Waals surface area contributed by atoms with E-state index >= 15 is 0 Å². The van der Waals surface area contributed by atoms with Gasteiger partial charge in [0, 0.05) is 55.5 Å². The molecule has 2 N–H and O–H groups in total. The summed E-state index contributed by atoms with van der Waals surface area (Å²) >= 11 is 12.6. The minimum absolute atomic E-state index is 0.117. The Morgan fingerprint density at radius 3 is 2.58 bits per heavy atom. The van der Waals surface area contributed by atoms with Crippen molar-refractivity contribution in [3.8, 4) is 11.1 Å². The largest absolute Gasteiger partial charge is 0.480 e. The Hall–Kier alpha value is -3.88. The van der Waals surface area contributed by atoms with Crippen LogP contribution in [-0.2, 0) is 22.6 Å². The molecule has 40 heavy (non-hydrogen) atoms. The summed E-state index contributed by atoms with van der Waals surface area (Å²) in [6.07, 6.45) is 8.37. The molecule has 0 bridgehead atoms. The van der Waals surface area contributed by atoms with Crippen LogP contribution in [0.25, 0.3) is 11.1 Å². The third kappa shape index (κ3) is 6.63. The lowest BCUT2D eigenvalue weighted by atomic mass is 9.94. The quantitative estimate of drug-likeness (QED) is 0.279. The fourth-order valence-electron chi connectivity index (χ4n) is 4.97. The molecule has 0 spiro atoms. The normalized spacial score (nSPS) is 14.6. The molecule has 10 heteroatoms. The van der Waals surface area contributed by atoms with E-state index in [0.717, 1.165) is 22.4 Å². The number of aromatic nitrogens is 3. The van der Waals surface area contributed by atoms with Crippen LogP contribution in [0.5, 0.6) is 0 Å². The van der Waals surface area contributed by atoms with Crippen LogP contribution in [0.3, 0.4) is 0 Å². The summed E-state index contributed by atoms with van der Waals surface area (Å²) < 4.78 is 1.91. The highest BCUT2D eigenvalue weighted by molar-refractivity contribution is 6.43. The maximum atomic E-state index is 13.0. The van der Waals surface area contributed by atoms with E-state index in [9.17, 15) is 14.7 Å². The fourth-order valence-corrected chi connectivity index (χ4v) is 5.38. The number of amides is 1. The Bertz CT molecular complexity index is 1490. The van der Waals surface area contributed by atoms with Crippen molar-refractivity contribution in [2.45, 2.75) is 31.8 Å². The number of piperidine rings is 1. The molecular formula is C30H29Cl2N5O3. The van der Waals surface area contributed by atoms with E-state index < -0.39 is 12.0 Å². The lowest BCUT2D eigenvalue weighted by Crippen LogP contribution is -2.47. The molecule has 0 saturated carbocycles. The zero-order valence-corrected chi connectivity index (χ0v) is 23.2. The highest BCUT2D eigenvalue weighted by atomic mass is 35.5. The number of hydrogen-bond acceptors (Lipinski definition) is 5. The molecule has 3 heterocycles. The molecule has 1 atom stereocenters. The number of carbonyl (C=O) groups excluding carboxylic acids is 1. The Morgan fingerprint density at radius 1 is 1.05 bits per heavy atom. The fraction of sp³-hybridized carbons (Fsp3) is 0.267. The van der Waals surface area contributed by atoms with Crippen LogP contribution in [0.15, 0.2) is 79.5 Å². The SMILES string of the molecule is O=C(NC(Cc1cn(Cc2ccccc2)cn1)C(=O)O)C1CCN(c2cncc(-c3cccc(Cl)c3Cl)c2)CC1. The third-order valence-corrected chi connectivity index (χ3v) is 7.96. The first-order chi connectivity index (χ1) is 19.4. The molecular weight excluding hydrogens is 549 g/mol. The highest BCUT2D eigenvalue weighted by Gasteiger charge is 2.29. The van der Waals surface area contributed by atoms with Crippen molar-refractivity contribution >= 4 is 40.8 Å². The summed E-state index contributed by atoms with van der Waals surface area (Å²) in [5.74, 6) is -1.59. The van der Waals surface area contributed by atoms with Crippen LogP contribution >= 0.6 is 23.2 Å². The van der Waals surface area contributed by atoms with E-state index in [0.29, 0.717) is 48.2 Å². The number of benzene rings is 2. The van der Waals surface area contributed by atoms with Crippen LogP contribution in [0, 0.1) is 5.92 Å². The van der Waals surface area contributed by atoms with E-state index in [1.807, 2.05) is 59.3 Å². The highest BCUT2D eigenvalue weighted by Crippen LogP contribution is 2.35. The second kappa shape index (κ2) is 12.5. The summed E-state index contributed by atoms with van der Waals surface area (Å²) in [5.41, 5.74) is 4.34. The Kier molecular flexibility index (Phi) is 8.67. The number of carbonyl (C=O) groups is 2. The Morgan fingerprint density at radius 2 is 1.82 bits per heavy atom. The topological polar surface area (TPSA) is 100 Å². The number of anilines is 1. The molecule has 2 aromatic heterocycles. The smallest absolute Gasteiger partial charge is 0.326 e. The van der Waals surface area contributed by atoms with Crippen LogP contribution in [0.2, 0.25) is 10.0 Å². The van der Waals surface area contributed by atoms with Crippen molar-refractivity contribution in [2.75, 3.05) is 18.0 Å². The summed E-state index contributed by atoms with van der Waals surface area (Å²) in [7, 11) is 0. The number of rotatable bonds is 9. The molecule has 1 unspecified atom stereocenters. The second-order valence-electron chi connectivity index (χ2n) is 9.92. The van der Waals surface area contributed by atoms with Gasteiger partial charge < -0.3 is 19.9 Å². The lowest BCUT2D eigenvalue weighted by Gasteiger charge is -2.33. The number of halogens is 2. The summed E-state index contributed by atoms with van der Waals surface area (Å²) in [6.45, 7) is 1.93. The van der Waals surface area contributed by atoms with Crippen LogP contribution in [0.4, 0.5) is 5.69 Å². The zero-order chi connectivity index (χ0) is 28.1. The molecule has 1 aliphatic rings. The average Bonchev–Trinajstić information content (AvgIpc) is 3.41. The number of nitrogens with one attached hydrogen (secondary N) is 1. The van der Waals surface area contributed by atoms with Gasteiger partial charge in [-0.3, -0.25) is 9.78 Å². The molecule has 1 aliphatic heterocycles. The van der Waals surface area contributed by atoms with Gasteiger partial charge in [0.05, 0.1) is 34.0 Å². The predicted octanol–water partition coefficient (Wildman–Crippen LogP) is 5.33. The number of aliphatic carboxylic acids is 1. The van der Waals surface area contributed by atoms with Gasteiger partial charge in [-0.2, -0.15) is 0 Å². The maximum Gasteiger partial charge on any atom is 0.326 e. The summed E-state index contributed by atoms with van der Waals surface area (Å²) in [4.78, 5) is 35.9. The summed E-state index contributed by atoms with van der Waals surface area (Å²) in [5, 5.41) is 13.5. The number of imidazole rings is 1. The maximum absolute atomic E-state index is 13.0. The molecule has 8 nitrogen and oxygen atoms in total. The monoisotopic (exact) mass is 577 g/mol. The molecule has 206 valence electrons. The number of carboxylic acids is 1. The van der Waals surface area contributed by atoms with Crippen molar-refractivity contribution in [2.24, 2.45) is 5.92 Å². The van der Waals surface area contributed by atoms with Gasteiger partial charge in [-0.1, -0.05) is 65.7 Å². The number of carboxylic acid groups (broad SMARTS) is 1. The number of hydrogen-bond donors (Lipinski definition) is 2. The summed E-state index contributed by atoms with van der Waals surface area (Å²) in [6, 6.07) is 16.4. The first kappa shape index (κ1) is 27.7. The number of nitrogens with zero attached hydrogens (tertiary/aromatic N) is 4. The van der Waals surface area contributed by atoms with Crippen molar-refractivity contribution < 1.29 is 14.7 Å².